The van der Waals surface area contributed by atoms with Gasteiger partial charge in [0.2, 0.25) is 0 Å². The highest BCUT2D eigenvalue weighted by atomic mass is 16.5. The number of hydrogen-bond donors (Lipinski definition) is 1. The predicted molar refractivity (Wildman–Crippen MR) is 63.5 cm³/mol. The van der Waals surface area contributed by atoms with Crippen LogP contribution in [-0.4, -0.2) is 19.1 Å². The molecule has 1 saturated carbocycles. The third kappa shape index (κ3) is 3.20. The second-order valence-electron chi connectivity index (χ2n) is 4.32. The summed E-state index contributed by atoms with van der Waals surface area (Å²) in [7, 11) is 1.61. The van der Waals surface area contributed by atoms with Gasteiger partial charge in [-0.05, 0) is 36.5 Å². The van der Waals surface area contributed by atoms with Crippen molar-refractivity contribution in [1.29, 1.82) is 0 Å². The smallest absolute Gasteiger partial charge is 0.323 e. The fourth-order valence-corrected chi connectivity index (χ4v) is 1.62. The van der Waals surface area contributed by atoms with Crippen LogP contribution in [0.1, 0.15) is 18.4 Å². The summed E-state index contributed by atoms with van der Waals surface area (Å²) in [5.74, 6) is 0.816. The summed E-state index contributed by atoms with van der Waals surface area (Å²) < 4.78 is 10.2. The van der Waals surface area contributed by atoms with Gasteiger partial charge in [-0.15, -0.1) is 0 Å². The first kappa shape index (κ1) is 11.9. The molecule has 2 rings (SSSR count). The monoisotopic (exact) mass is 235 g/mol. The normalized spacial score (nSPS) is 16.4. The lowest BCUT2D eigenvalue weighted by Gasteiger charge is -2.10. The average Bonchev–Trinajstić information content (AvgIpc) is 3.20. The number of hydrogen-bond acceptors (Lipinski definition) is 4. The van der Waals surface area contributed by atoms with Gasteiger partial charge in [-0.1, -0.05) is 12.1 Å². The lowest BCUT2D eigenvalue weighted by molar-refractivity contribution is -0.147. The lowest BCUT2D eigenvalue weighted by Crippen LogP contribution is -2.34. The van der Waals surface area contributed by atoms with E-state index in [1.165, 1.54) is 0 Å². The Balaban J connectivity index is 1.82. The number of benzene rings is 1. The largest absolute Gasteiger partial charge is 0.497 e. The number of ether oxygens (including phenoxy) is 2. The van der Waals surface area contributed by atoms with Crippen LogP contribution in [0, 0.1) is 5.92 Å². The van der Waals surface area contributed by atoms with Crippen molar-refractivity contribution in [3.05, 3.63) is 29.8 Å². The highest BCUT2D eigenvalue weighted by Gasteiger charge is 2.34. The van der Waals surface area contributed by atoms with Crippen LogP contribution < -0.4 is 10.5 Å². The molecule has 0 bridgehead atoms. The molecule has 4 heteroatoms. The van der Waals surface area contributed by atoms with Gasteiger partial charge >= 0.3 is 5.97 Å². The summed E-state index contributed by atoms with van der Waals surface area (Å²) in [5, 5.41) is 0. The Kier molecular flexibility index (Phi) is 3.64. The molecule has 1 aliphatic rings. The van der Waals surface area contributed by atoms with Gasteiger partial charge in [0.1, 0.15) is 18.4 Å². The SMILES string of the molecule is COc1ccc(COC(=O)C(N)C2CC2)cc1. The van der Waals surface area contributed by atoms with Gasteiger partial charge in [0.25, 0.3) is 0 Å². The number of methoxy groups -OCH3 is 1. The summed E-state index contributed by atoms with van der Waals surface area (Å²) >= 11 is 0. The highest BCUT2D eigenvalue weighted by Crippen LogP contribution is 2.32. The first-order valence-corrected chi connectivity index (χ1v) is 5.76. The van der Waals surface area contributed by atoms with Gasteiger partial charge < -0.3 is 15.2 Å². The Labute approximate surface area is 101 Å². The maximum absolute atomic E-state index is 11.5. The van der Waals surface area contributed by atoms with Crippen LogP contribution in [0.25, 0.3) is 0 Å². The lowest BCUT2D eigenvalue weighted by atomic mass is 10.2. The van der Waals surface area contributed by atoms with E-state index in [1.807, 2.05) is 24.3 Å². The molecule has 0 aliphatic heterocycles. The van der Waals surface area contributed by atoms with E-state index in [0.29, 0.717) is 5.92 Å². The fraction of sp³-hybridized carbons (Fsp3) is 0.462. The van der Waals surface area contributed by atoms with E-state index in [0.717, 1.165) is 24.2 Å². The quantitative estimate of drug-likeness (QED) is 0.785. The Morgan fingerprint density at radius 2 is 2.06 bits per heavy atom. The van der Waals surface area contributed by atoms with Crippen LogP contribution in [0.5, 0.6) is 5.75 Å². The average molecular weight is 235 g/mol. The zero-order chi connectivity index (χ0) is 12.3. The van der Waals surface area contributed by atoms with Crippen molar-refractivity contribution in [2.45, 2.75) is 25.5 Å². The Hall–Kier alpha value is -1.55. The van der Waals surface area contributed by atoms with Crippen molar-refractivity contribution in [1.82, 2.24) is 0 Å². The highest BCUT2D eigenvalue weighted by molar-refractivity contribution is 5.76. The minimum Gasteiger partial charge on any atom is -0.497 e. The Morgan fingerprint density at radius 1 is 1.41 bits per heavy atom. The topological polar surface area (TPSA) is 61.5 Å². The van der Waals surface area contributed by atoms with E-state index in [2.05, 4.69) is 0 Å². The van der Waals surface area contributed by atoms with Crippen LogP contribution in [0.4, 0.5) is 0 Å². The molecule has 1 aliphatic carbocycles. The zero-order valence-electron chi connectivity index (χ0n) is 9.89. The van der Waals surface area contributed by atoms with Crippen LogP contribution in [0.15, 0.2) is 24.3 Å². The number of esters is 1. The summed E-state index contributed by atoms with van der Waals surface area (Å²) in [6.45, 7) is 0.267. The second kappa shape index (κ2) is 5.19. The molecule has 0 heterocycles. The summed E-state index contributed by atoms with van der Waals surface area (Å²) in [6.07, 6.45) is 2.08. The molecule has 1 aromatic rings. The van der Waals surface area contributed by atoms with Crippen LogP contribution in [0.3, 0.4) is 0 Å². The van der Waals surface area contributed by atoms with Gasteiger partial charge in [-0.25, -0.2) is 0 Å². The van der Waals surface area contributed by atoms with Crippen LogP contribution >= 0.6 is 0 Å². The molecule has 0 saturated heterocycles. The molecule has 4 nitrogen and oxygen atoms in total. The third-order valence-corrected chi connectivity index (χ3v) is 2.94. The van der Waals surface area contributed by atoms with Crippen molar-refractivity contribution in [3.8, 4) is 5.75 Å². The van der Waals surface area contributed by atoms with Crippen molar-refractivity contribution in [3.63, 3.8) is 0 Å². The molecule has 17 heavy (non-hydrogen) atoms. The maximum atomic E-state index is 11.5. The van der Waals surface area contributed by atoms with Crippen LogP contribution in [-0.2, 0) is 16.1 Å². The summed E-state index contributed by atoms with van der Waals surface area (Å²) in [5.41, 5.74) is 6.67. The molecule has 2 N–H and O–H groups in total. The molecular formula is C13H17NO3. The molecule has 0 amide bonds. The number of carbonyl (C=O) groups excluding carboxylic acids is 1. The van der Waals surface area contributed by atoms with Gasteiger partial charge in [0.05, 0.1) is 7.11 Å². The molecule has 0 aromatic heterocycles. The minimum absolute atomic E-state index is 0.267. The van der Waals surface area contributed by atoms with E-state index in [4.69, 9.17) is 15.2 Å². The van der Waals surface area contributed by atoms with E-state index in [1.54, 1.807) is 7.11 Å². The van der Waals surface area contributed by atoms with Crippen LogP contribution in [0.2, 0.25) is 0 Å². The third-order valence-electron chi connectivity index (χ3n) is 2.94. The fourth-order valence-electron chi connectivity index (χ4n) is 1.62. The molecule has 1 atom stereocenters. The molecule has 0 spiro atoms. The van der Waals surface area contributed by atoms with Gasteiger partial charge in [-0.3, -0.25) is 4.79 Å². The van der Waals surface area contributed by atoms with Crippen molar-refractivity contribution in [2.75, 3.05) is 7.11 Å². The van der Waals surface area contributed by atoms with Crippen molar-refractivity contribution < 1.29 is 14.3 Å². The van der Waals surface area contributed by atoms with Gasteiger partial charge in [0, 0.05) is 0 Å². The summed E-state index contributed by atoms with van der Waals surface area (Å²) in [4.78, 5) is 11.5. The van der Waals surface area contributed by atoms with E-state index in [9.17, 15) is 4.79 Å². The number of nitrogens with two attached hydrogens (primary N) is 1. The molecule has 1 fully saturated rings. The van der Waals surface area contributed by atoms with Gasteiger partial charge in [0.15, 0.2) is 0 Å². The number of rotatable bonds is 5. The molecule has 1 unspecified atom stereocenters. The van der Waals surface area contributed by atoms with E-state index in [-0.39, 0.29) is 12.6 Å². The number of carbonyl (C=O) groups is 1. The molecule has 0 radical (unpaired) electrons. The van der Waals surface area contributed by atoms with Gasteiger partial charge in [-0.2, -0.15) is 0 Å². The molecule has 92 valence electrons. The van der Waals surface area contributed by atoms with Crippen molar-refractivity contribution in [2.24, 2.45) is 11.7 Å². The molecular weight excluding hydrogens is 218 g/mol. The predicted octanol–water partition coefficient (Wildman–Crippen LogP) is 1.48. The zero-order valence-corrected chi connectivity index (χ0v) is 9.89. The Morgan fingerprint density at radius 3 is 2.59 bits per heavy atom. The van der Waals surface area contributed by atoms with E-state index < -0.39 is 6.04 Å². The standard InChI is InChI=1S/C13H17NO3/c1-16-11-6-2-9(3-7-11)8-17-13(15)12(14)10-4-5-10/h2-3,6-7,10,12H,4-5,8,14H2,1H3. The second-order valence-corrected chi connectivity index (χ2v) is 4.32. The van der Waals surface area contributed by atoms with Crippen molar-refractivity contribution >= 4 is 5.97 Å². The Bertz CT molecular complexity index is 384. The minimum atomic E-state index is -0.451. The maximum Gasteiger partial charge on any atom is 0.323 e. The molecule has 1 aromatic carbocycles. The first-order valence-electron chi connectivity index (χ1n) is 5.76. The van der Waals surface area contributed by atoms with E-state index >= 15 is 0 Å². The first-order chi connectivity index (χ1) is 8.20. The summed E-state index contributed by atoms with van der Waals surface area (Å²) in [6, 6.07) is 6.96.